The van der Waals surface area contributed by atoms with Crippen LogP contribution in [0.15, 0.2) is 31.0 Å². The Labute approximate surface area is 124 Å². The van der Waals surface area contributed by atoms with Gasteiger partial charge in [-0.1, -0.05) is 13.8 Å². The lowest BCUT2D eigenvalue weighted by molar-refractivity contribution is -0.121. The summed E-state index contributed by atoms with van der Waals surface area (Å²) in [5, 5.41) is 2.91. The first kappa shape index (κ1) is 15.0. The number of nitrogen functional groups attached to an aromatic ring is 1. The van der Waals surface area contributed by atoms with Crippen LogP contribution in [0, 0.1) is 5.92 Å². The molecule has 0 aromatic carbocycles. The number of pyridine rings is 1. The van der Waals surface area contributed by atoms with Crippen molar-refractivity contribution in [2.75, 3.05) is 12.3 Å². The summed E-state index contributed by atoms with van der Waals surface area (Å²) >= 11 is 0. The fourth-order valence-electron chi connectivity index (χ4n) is 1.97. The van der Waals surface area contributed by atoms with Crippen LogP contribution < -0.4 is 11.1 Å². The molecule has 0 aliphatic carbocycles. The number of carbonyl (C=O) groups excluding carboxylic acids is 1. The summed E-state index contributed by atoms with van der Waals surface area (Å²) in [6, 6.07) is 1.75. The monoisotopic (exact) mass is 287 g/mol. The highest BCUT2D eigenvalue weighted by Crippen LogP contribution is 2.24. The molecular formula is C15H21N5O. The van der Waals surface area contributed by atoms with Crippen molar-refractivity contribution >= 4 is 11.6 Å². The third-order valence-electron chi connectivity index (χ3n) is 3.13. The van der Waals surface area contributed by atoms with Crippen molar-refractivity contribution in [2.24, 2.45) is 5.92 Å². The predicted molar refractivity (Wildman–Crippen MR) is 82.3 cm³/mol. The van der Waals surface area contributed by atoms with E-state index >= 15 is 0 Å². The van der Waals surface area contributed by atoms with Gasteiger partial charge < -0.3 is 15.6 Å². The van der Waals surface area contributed by atoms with E-state index in [9.17, 15) is 4.79 Å². The smallest absolute Gasteiger partial charge is 0.221 e. The fourth-order valence-corrected chi connectivity index (χ4v) is 1.97. The topological polar surface area (TPSA) is 85.8 Å². The van der Waals surface area contributed by atoms with Gasteiger partial charge >= 0.3 is 0 Å². The highest BCUT2D eigenvalue weighted by Gasteiger charge is 2.10. The number of hydrogen-bond donors (Lipinski definition) is 2. The third kappa shape index (κ3) is 4.05. The minimum Gasteiger partial charge on any atom is -0.398 e. The second-order valence-corrected chi connectivity index (χ2v) is 5.38. The van der Waals surface area contributed by atoms with E-state index in [-0.39, 0.29) is 5.91 Å². The number of imidazole rings is 1. The minimum atomic E-state index is 0.0440. The van der Waals surface area contributed by atoms with E-state index in [1.807, 2.05) is 4.57 Å². The third-order valence-corrected chi connectivity index (χ3v) is 3.13. The van der Waals surface area contributed by atoms with E-state index < -0.39 is 0 Å². The molecule has 0 fully saturated rings. The van der Waals surface area contributed by atoms with E-state index in [0.29, 0.717) is 31.1 Å². The van der Waals surface area contributed by atoms with Crippen LogP contribution in [0.4, 0.5) is 5.69 Å². The summed E-state index contributed by atoms with van der Waals surface area (Å²) in [6.45, 7) is 5.40. The van der Waals surface area contributed by atoms with Crippen molar-refractivity contribution in [3.63, 3.8) is 0 Å². The zero-order valence-electron chi connectivity index (χ0n) is 12.4. The number of nitrogens with two attached hydrogens (primary N) is 1. The number of aryl methyl sites for hydroxylation is 1. The molecule has 0 aliphatic heterocycles. The molecule has 0 saturated carbocycles. The predicted octanol–water partition coefficient (Wildman–Crippen LogP) is 1.69. The summed E-state index contributed by atoms with van der Waals surface area (Å²) in [7, 11) is 0. The Bertz CT molecular complexity index is 606. The molecule has 0 radical (unpaired) electrons. The second-order valence-electron chi connectivity index (χ2n) is 5.38. The highest BCUT2D eigenvalue weighted by atomic mass is 16.1. The van der Waals surface area contributed by atoms with Gasteiger partial charge in [0.15, 0.2) is 0 Å². The minimum absolute atomic E-state index is 0.0440. The van der Waals surface area contributed by atoms with Crippen LogP contribution >= 0.6 is 0 Å². The van der Waals surface area contributed by atoms with Crippen molar-refractivity contribution in [1.82, 2.24) is 19.9 Å². The summed E-state index contributed by atoms with van der Waals surface area (Å²) < 4.78 is 1.92. The van der Waals surface area contributed by atoms with E-state index in [0.717, 1.165) is 11.3 Å². The Morgan fingerprint density at radius 3 is 2.90 bits per heavy atom. The molecule has 112 valence electrons. The molecule has 3 N–H and O–H groups in total. The Hall–Kier alpha value is -2.37. The number of carbonyl (C=O) groups is 1. The molecule has 0 saturated heterocycles. The van der Waals surface area contributed by atoms with Crippen LogP contribution in [0.2, 0.25) is 0 Å². The molecule has 2 rings (SSSR count). The Morgan fingerprint density at radius 2 is 2.19 bits per heavy atom. The SMILES string of the molecule is CC(C)CNC(=O)CCn1cncc1-c1cnccc1N. The van der Waals surface area contributed by atoms with Crippen LogP contribution in [0.25, 0.3) is 11.3 Å². The number of amides is 1. The lowest BCUT2D eigenvalue weighted by atomic mass is 10.2. The summed E-state index contributed by atoms with van der Waals surface area (Å²) in [5.41, 5.74) is 8.31. The van der Waals surface area contributed by atoms with Crippen LogP contribution in [0.5, 0.6) is 0 Å². The molecule has 2 aromatic heterocycles. The standard InChI is InChI=1S/C15H21N5O/c1-11(2)7-19-15(21)4-6-20-10-18-9-14(20)12-8-17-5-3-13(12)16/h3,5,8-11H,4,6-7H2,1-2H3,(H2,16,17)(H,19,21). The molecule has 0 unspecified atom stereocenters. The number of rotatable bonds is 6. The van der Waals surface area contributed by atoms with Gasteiger partial charge in [-0.25, -0.2) is 4.98 Å². The maximum atomic E-state index is 11.8. The first-order chi connectivity index (χ1) is 10.1. The summed E-state index contributed by atoms with van der Waals surface area (Å²) in [6.07, 6.45) is 7.22. The number of aromatic nitrogens is 3. The Morgan fingerprint density at radius 1 is 1.38 bits per heavy atom. The maximum absolute atomic E-state index is 11.8. The summed E-state index contributed by atoms with van der Waals surface area (Å²) in [4.78, 5) is 20.0. The van der Waals surface area contributed by atoms with Gasteiger partial charge in [0.25, 0.3) is 0 Å². The second kappa shape index (κ2) is 6.88. The lowest BCUT2D eigenvalue weighted by Gasteiger charge is -2.11. The molecule has 6 heteroatoms. The fraction of sp³-hybridized carbons (Fsp3) is 0.400. The first-order valence-electron chi connectivity index (χ1n) is 7.04. The highest BCUT2D eigenvalue weighted by molar-refractivity contribution is 5.76. The van der Waals surface area contributed by atoms with Gasteiger partial charge in [-0.3, -0.25) is 9.78 Å². The van der Waals surface area contributed by atoms with Gasteiger partial charge in [0.1, 0.15) is 0 Å². The summed E-state index contributed by atoms with van der Waals surface area (Å²) in [5.74, 6) is 0.496. The van der Waals surface area contributed by atoms with Gasteiger partial charge in [0.2, 0.25) is 5.91 Å². The van der Waals surface area contributed by atoms with Gasteiger partial charge in [0, 0.05) is 43.2 Å². The van der Waals surface area contributed by atoms with E-state index in [1.54, 1.807) is 31.0 Å². The Balaban J connectivity index is 2.02. The molecule has 2 heterocycles. The van der Waals surface area contributed by atoms with E-state index in [1.165, 1.54) is 0 Å². The quantitative estimate of drug-likeness (QED) is 0.846. The van der Waals surface area contributed by atoms with Crippen molar-refractivity contribution in [1.29, 1.82) is 0 Å². The van der Waals surface area contributed by atoms with Crippen LogP contribution in [0.1, 0.15) is 20.3 Å². The first-order valence-corrected chi connectivity index (χ1v) is 7.04. The van der Waals surface area contributed by atoms with Crippen molar-refractivity contribution in [3.8, 4) is 11.3 Å². The van der Waals surface area contributed by atoms with E-state index in [4.69, 9.17) is 5.73 Å². The molecule has 6 nitrogen and oxygen atoms in total. The molecule has 0 bridgehead atoms. The van der Waals surface area contributed by atoms with Crippen LogP contribution in [0.3, 0.4) is 0 Å². The van der Waals surface area contributed by atoms with Crippen molar-refractivity contribution < 1.29 is 4.79 Å². The zero-order chi connectivity index (χ0) is 15.2. The van der Waals surface area contributed by atoms with Gasteiger partial charge in [-0.2, -0.15) is 0 Å². The van der Waals surface area contributed by atoms with Gasteiger partial charge in [0.05, 0.1) is 18.2 Å². The molecule has 1 amide bonds. The average Bonchev–Trinajstić information content (AvgIpc) is 2.91. The van der Waals surface area contributed by atoms with Crippen molar-refractivity contribution in [3.05, 3.63) is 31.0 Å². The number of nitrogens with one attached hydrogen (secondary N) is 1. The molecular weight excluding hydrogens is 266 g/mol. The lowest BCUT2D eigenvalue weighted by Crippen LogP contribution is -2.28. The van der Waals surface area contributed by atoms with Gasteiger partial charge in [-0.05, 0) is 12.0 Å². The normalized spacial score (nSPS) is 10.8. The van der Waals surface area contributed by atoms with Crippen molar-refractivity contribution in [2.45, 2.75) is 26.8 Å². The zero-order valence-corrected chi connectivity index (χ0v) is 12.4. The maximum Gasteiger partial charge on any atom is 0.221 e. The number of anilines is 1. The molecule has 0 atom stereocenters. The number of hydrogen-bond acceptors (Lipinski definition) is 4. The Kier molecular flexibility index (Phi) is 4.92. The largest absolute Gasteiger partial charge is 0.398 e. The van der Waals surface area contributed by atoms with E-state index in [2.05, 4.69) is 29.1 Å². The van der Waals surface area contributed by atoms with Gasteiger partial charge in [-0.15, -0.1) is 0 Å². The molecule has 2 aromatic rings. The van der Waals surface area contributed by atoms with Crippen LogP contribution in [-0.2, 0) is 11.3 Å². The molecule has 0 spiro atoms. The average molecular weight is 287 g/mol. The number of nitrogens with zero attached hydrogens (tertiary/aromatic N) is 3. The molecule has 0 aliphatic rings. The molecule has 21 heavy (non-hydrogen) atoms. The van der Waals surface area contributed by atoms with Crippen LogP contribution in [-0.4, -0.2) is 27.0 Å².